The van der Waals surface area contributed by atoms with Gasteiger partial charge in [-0.2, -0.15) is 0 Å². The first-order valence-electron chi connectivity index (χ1n) is 7.99. The average molecular weight is 389 g/mol. The van der Waals surface area contributed by atoms with Crippen LogP contribution in [0, 0.1) is 0 Å². The zero-order valence-electron chi connectivity index (χ0n) is 14.3. The minimum absolute atomic E-state index is 0.0983. The first-order chi connectivity index (χ1) is 11.8. The van der Waals surface area contributed by atoms with E-state index in [1.165, 1.54) is 17.9 Å². The van der Waals surface area contributed by atoms with Crippen molar-refractivity contribution < 1.29 is 19.1 Å². The molecule has 1 aromatic rings. The summed E-state index contributed by atoms with van der Waals surface area (Å²) < 4.78 is 4.90. The predicted molar refractivity (Wildman–Crippen MR) is 96.9 cm³/mol. The number of nitrogens with one attached hydrogen (secondary N) is 1. The van der Waals surface area contributed by atoms with Crippen molar-refractivity contribution in [3.63, 3.8) is 0 Å². The van der Waals surface area contributed by atoms with Crippen molar-refractivity contribution in [2.75, 3.05) is 26.2 Å². The van der Waals surface area contributed by atoms with E-state index in [0.717, 1.165) is 0 Å². The topological polar surface area (TPSA) is 75.7 Å². The van der Waals surface area contributed by atoms with Crippen LogP contribution in [0.5, 0.6) is 0 Å². The van der Waals surface area contributed by atoms with Crippen molar-refractivity contribution in [2.24, 2.45) is 0 Å². The number of hydrogen-bond donors (Lipinski definition) is 1. The summed E-state index contributed by atoms with van der Waals surface area (Å²) in [5.41, 5.74) is 0.387. The Morgan fingerprint density at radius 3 is 2.48 bits per heavy atom. The van der Waals surface area contributed by atoms with Gasteiger partial charge in [-0.15, -0.1) is 0 Å². The quantitative estimate of drug-likeness (QED) is 0.521. The number of rotatable bonds is 9. The monoisotopic (exact) mass is 388 g/mol. The lowest BCUT2D eigenvalue weighted by molar-refractivity contribution is -0.143. The molecule has 6 nitrogen and oxygen atoms in total. The molecule has 8 heteroatoms. The molecule has 2 amide bonds. The standard InChI is InChI=1S/C17H22Cl2N2O4/c1-3-25-16(23)7-10-21(9-4-8-20-12(2)22)17(24)13-5-6-14(18)15(19)11-13/h5-6,11H,3-4,7-10H2,1-2H3,(H,20,22). The van der Waals surface area contributed by atoms with E-state index in [4.69, 9.17) is 27.9 Å². The summed E-state index contributed by atoms with van der Waals surface area (Å²) in [4.78, 5) is 36.7. The largest absolute Gasteiger partial charge is 0.466 e. The molecular weight excluding hydrogens is 367 g/mol. The fourth-order valence-electron chi connectivity index (χ4n) is 2.12. The van der Waals surface area contributed by atoms with Crippen molar-refractivity contribution in [1.29, 1.82) is 0 Å². The molecule has 0 aliphatic rings. The SMILES string of the molecule is CCOC(=O)CCN(CCCNC(C)=O)C(=O)c1ccc(Cl)c(Cl)c1. The van der Waals surface area contributed by atoms with E-state index < -0.39 is 0 Å². The molecule has 0 unspecified atom stereocenters. The Morgan fingerprint density at radius 1 is 1.16 bits per heavy atom. The van der Waals surface area contributed by atoms with E-state index in [-0.39, 0.29) is 35.8 Å². The number of esters is 1. The van der Waals surface area contributed by atoms with Crippen molar-refractivity contribution in [3.05, 3.63) is 33.8 Å². The zero-order chi connectivity index (χ0) is 18.8. The number of benzene rings is 1. The van der Waals surface area contributed by atoms with Gasteiger partial charge < -0.3 is 15.0 Å². The number of nitrogens with zero attached hydrogens (tertiary/aromatic N) is 1. The highest BCUT2D eigenvalue weighted by molar-refractivity contribution is 6.42. The normalized spacial score (nSPS) is 10.2. The molecule has 0 aromatic heterocycles. The summed E-state index contributed by atoms with van der Waals surface area (Å²) in [7, 11) is 0. The van der Waals surface area contributed by atoms with Gasteiger partial charge >= 0.3 is 5.97 Å². The lowest BCUT2D eigenvalue weighted by Crippen LogP contribution is -2.36. The number of ether oxygens (including phenoxy) is 1. The van der Waals surface area contributed by atoms with Gasteiger partial charge in [0.1, 0.15) is 0 Å². The molecule has 0 atom stereocenters. The molecule has 0 saturated heterocycles. The molecule has 0 spiro atoms. The van der Waals surface area contributed by atoms with Crippen LogP contribution in [0.1, 0.15) is 37.0 Å². The summed E-state index contributed by atoms with van der Waals surface area (Å²) in [5.74, 6) is -0.754. The maximum atomic E-state index is 12.7. The fourth-order valence-corrected chi connectivity index (χ4v) is 2.42. The Bertz CT molecular complexity index is 623. The second-order valence-electron chi connectivity index (χ2n) is 5.31. The highest BCUT2D eigenvalue weighted by Gasteiger charge is 2.18. The molecule has 0 aliphatic carbocycles. The van der Waals surface area contributed by atoms with E-state index in [2.05, 4.69) is 5.32 Å². The van der Waals surface area contributed by atoms with Crippen molar-refractivity contribution in [3.8, 4) is 0 Å². The second kappa shape index (κ2) is 10.9. The predicted octanol–water partition coefficient (Wildman–Crippen LogP) is 2.92. The van der Waals surface area contributed by atoms with Gasteiger partial charge in [-0.1, -0.05) is 23.2 Å². The van der Waals surface area contributed by atoms with Gasteiger partial charge in [0.05, 0.1) is 23.1 Å². The Labute approximate surface area is 157 Å². The van der Waals surface area contributed by atoms with E-state index in [0.29, 0.717) is 36.7 Å². The smallest absolute Gasteiger partial charge is 0.307 e. The molecule has 25 heavy (non-hydrogen) atoms. The van der Waals surface area contributed by atoms with Crippen LogP contribution in [-0.4, -0.2) is 48.9 Å². The highest BCUT2D eigenvalue weighted by atomic mass is 35.5. The third-order valence-corrected chi connectivity index (χ3v) is 4.06. The highest BCUT2D eigenvalue weighted by Crippen LogP contribution is 2.23. The van der Waals surface area contributed by atoms with Crippen LogP contribution in [-0.2, 0) is 14.3 Å². The van der Waals surface area contributed by atoms with Crippen LogP contribution in [0.25, 0.3) is 0 Å². The van der Waals surface area contributed by atoms with Gasteiger partial charge in [0.2, 0.25) is 5.91 Å². The summed E-state index contributed by atoms with van der Waals surface area (Å²) in [5, 5.41) is 3.33. The summed E-state index contributed by atoms with van der Waals surface area (Å²) in [6.07, 6.45) is 0.663. The average Bonchev–Trinajstić information content (AvgIpc) is 2.56. The molecule has 0 bridgehead atoms. The van der Waals surface area contributed by atoms with Gasteiger partial charge in [-0.3, -0.25) is 14.4 Å². The molecule has 1 aromatic carbocycles. The van der Waals surface area contributed by atoms with Crippen LogP contribution in [0.3, 0.4) is 0 Å². The van der Waals surface area contributed by atoms with Gasteiger partial charge in [0.25, 0.3) is 5.91 Å². The van der Waals surface area contributed by atoms with E-state index in [1.54, 1.807) is 19.1 Å². The molecule has 0 heterocycles. The number of carbonyl (C=O) groups excluding carboxylic acids is 3. The Balaban J connectivity index is 2.76. The molecule has 0 aliphatic heterocycles. The molecule has 0 radical (unpaired) electrons. The molecular formula is C17H22Cl2N2O4. The van der Waals surface area contributed by atoms with Crippen molar-refractivity contribution in [1.82, 2.24) is 10.2 Å². The minimum atomic E-state index is -0.365. The van der Waals surface area contributed by atoms with Gasteiger partial charge in [-0.25, -0.2) is 0 Å². The summed E-state index contributed by atoms with van der Waals surface area (Å²) in [6, 6.07) is 4.64. The van der Waals surface area contributed by atoms with Crippen LogP contribution in [0.15, 0.2) is 18.2 Å². The number of carbonyl (C=O) groups is 3. The molecule has 1 N–H and O–H groups in total. The van der Waals surface area contributed by atoms with E-state index >= 15 is 0 Å². The van der Waals surface area contributed by atoms with Crippen LogP contribution >= 0.6 is 23.2 Å². The lowest BCUT2D eigenvalue weighted by Gasteiger charge is -2.22. The minimum Gasteiger partial charge on any atom is -0.466 e. The van der Waals surface area contributed by atoms with Crippen LogP contribution in [0.2, 0.25) is 10.0 Å². The van der Waals surface area contributed by atoms with Crippen molar-refractivity contribution in [2.45, 2.75) is 26.7 Å². The van der Waals surface area contributed by atoms with Crippen LogP contribution < -0.4 is 5.32 Å². The number of halogens is 2. The fraction of sp³-hybridized carbons (Fsp3) is 0.471. The van der Waals surface area contributed by atoms with E-state index in [1.807, 2.05) is 0 Å². The number of hydrogen-bond acceptors (Lipinski definition) is 4. The summed E-state index contributed by atoms with van der Waals surface area (Å²) >= 11 is 11.8. The Kier molecular flexibility index (Phi) is 9.31. The van der Waals surface area contributed by atoms with Gasteiger partial charge in [0.15, 0.2) is 0 Å². The maximum Gasteiger partial charge on any atom is 0.307 e. The molecule has 138 valence electrons. The summed E-state index contributed by atoms with van der Waals surface area (Å²) in [6.45, 7) is 4.50. The zero-order valence-corrected chi connectivity index (χ0v) is 15.8. The first kappa shape index (κ1) is 21.3. The Morgan fingerprint density at radius 2 is 1.88 bits per heavy atom. The third-order valence-electron chi connectivity index (χ3n) is 3.32. The first-order valence-corrected chi connectivity index (χ1v) is 8.75. The number of amides is 2. The Hall–Kier alpha value is -1.79. The van der Waals surface area contributed by atoms with Gasteiger partial charge in [0, 0.05) is 32.1 Å². The molecule has 0 saturated carbocycles. The van der Waals surface area contributed by atoms with Crippen molar-refractivity contribution >= 4 is 41.0 Å². The van der Waals surface area contributed by atoms with E-state index in [9.17, 15) is 14.4 Å². The van der Waals surface area contributed by atoms with Crippen LogP contribution in [0.4, 0.5) is 0 Å². The molecule has 0 fully saturated rings. The maximum absolute atomic E-state index is 12.7. The molecule has 1 rings (SSSR count). The third kappa shape index (κ3) is 7.75. The second-order valence-corrected chi connectivity index (χ2v) is 6.13. The van der Waals surface area contributed by atoms with Gasteiger partial charge in [-0.05, 0) is 31.5 Å². The lowest BCUT2D eigenvalue weighted by atomic mass is 10.2.